The highest BCUT2D eigenvalue weighted by atomic mass is 79.9. The van der Waals surface area contributed by atoms with E-state index in [9.17, 15) is 4.79 Å². The summed E-state index contributed by atoms with van der Waals surface area (Å²) in [6.45, 7) is 0.805. The molecule has 1 saturated heterocycles. The summed E-state index contributed by atoms with van der Waals surface area (Å²) in [6, 6.07) is 8.34. The summed E-state index contributed by atoms with van der Waals surface area (Å²) in [6.07, 6.45) is 1.30. The predicted molar refractivity (Wildman–Crippen MR) is 66.4 cm³/mol. The summed E-state index contributed by atoms with van der Waals surface area (Å²) in [5.41, 5.74) is 1.20. The Morgan fingerprint density at radius 2 is 1.93 bits per heavy atom. The Bertz CT molecular complexity index is 339. The molecule has 0 bridgehead atoms. The molecule has 0 aromatic heterocycles. The standard InChI is InChI=1S/C11H12BrNO.ClH/c12-9-3-1-8(2-4-9)11-7-10(14)5-6-13-11;/h1-4,11,13H,5-7H2;1H. The van der Waals surface area contributed by atoms with Crippen molar-refractivity contribution in [1.82, 2.24) is 5.32 Å². The van der Waals surface area contributed by atoms with Gasteiger partial charge in [0.25, 0.3) is 0 Å². The molecule has 1 aromatic rings. The first-order chi connectivity index (χ1) is 6.75. The maximum Gasteiger partial charge on any atom is 0.136 e. The van der Waals surface area contributed by atoms with Crippen LogP contribution in [-0.4, -0.2) is 12.3 Å². The fraction of sp³-hybridized carbons (Fsp3) is 0.364. The van der Waals surface area contributed by atoms with Gasteiger partial charge in [0.2, 0.25) is 0 Å². The van der Waals surface area contributed by atoms with Crippen molar-refractivity contribution in [3.05, 3.63) is 34.3 Å². The van der Waals surface area contributed by atoms with Gasteiger partial charge in [-0.15, -0.1) is 12.4 Å². The van der Waals surface area contributed by atoms with E-state index in [-0.39, 0.29) is 18.4 Å². The molecule has 0 radical (unpaired) electrons. The van der Waals surface area contributed by atoms with Crippen LogP contribution in [0.2, 0.25) is 0 Å². The molecule has 4 heteroatoms. The van der Waals surface area contributed by atoms with Gasteiger partial charge in [0.05, 0.1) is 0 Å². The third-order valence-corrected chi connectivity index (χ3v) is 3.03. The average Bonchev–Trinajstić information content (AvgIpc) is 2.19. The van der Waals surface area contributed by atoms with Crippen molar-refractivity contribution in [3.8, 4) is 0 Å². The summed E-state index contributed by atoms with van der Waals surface area (Å²) < 4.78 is 1.07. The second-order valence-electron chi connectivity index (χ2n) is 3.55. The molecule has 0 saturated carbocycles. The van der Waals surface area contributed by atoms with E-state index in [4.69, 9.17) is 0 Å². The summed E-state index contributed by atoms with van der Waals surface area (Å²) in [5, 5.41) is 3.35. The summed E-state index contributed by atoms with van der Waals surface area (Å²) in [5.74, 6) is 0.358. The van der Waals surface area contributed by atoms with Crippen LogP contribution in [0.4, 0.5) is 0 Å². The molecular formula is C11H13BrClNO. The normalized spacial score (nSPS) is 20.9. The number of piperidine rings is 1. The van der Waals surface area contributed by atoms with E-state index in [1.807, 2.05) is 12.1 Å². The molecule has 1 aliphatic rings. The quantitative estimate of drug-likeness (QED) is 0.862. The summed E-state index contributed by atoms with van der Waals surface area (Å²) in [7, 11) is 0. The maximum atomic E-state index is 11.3. The molecular weight excluding hydrogens is 277 g/mol. The molecule has 1 heterocycles. The minimum absolute atomic E-state index is 0. The highest BCUT2D eigenvalue weighted by molar-refractivity contribution is 9.10. The van der Waals surface area contributed by atoms with Crippen LogP contribution >= 0.6 is 28.3 Å². The van der Waals surface area contributed by atoms with Gasteiger partial charge >= 0.3 is 0 Å². The lowest BCUT2D eigenvalue weighted by Gasteiger charge is -2.22. The lowest BCUT2D eigenvalue weighted by molar-refractivity contribution is -0.120. The zero-order chi connectivity index (χ0) is 9.97. The van der Waals surface area contributed by atoms with Gasteiger partial charge in [0, 0.05) is 29.9 Å². The molecule has 1 unspecified atom stereocenters. The average molecular weight is 291 g/mol. The van der Waals surface area contributed by atoms with Crippen LogP contribution in [0.3, 0.4) is 0 Å². The van der Waals surface area contributed by atoms with Crippen LogP contribution in [0.25, 0.3) is 0 Å². The zero-order valence-corrected chi connectivity index (χ0v) is 10.6. The lowest BCUT2D eigenvalue weighted by atomic mass is 9.97. The molecule has 1 fully saturated rings. The fourth-order valence-corrected chi connectivity index (χ4v) is 1.98. The maximum absolute atomic E-state index is 11.3. The minimum Gasteiger partial charge on any atom is -0.309 e. The number of hydrogen-bond acceptors (Lipinski definition) is 2. The molecule has 82 valence electrons. The van der Waals surface area contributed by atoms with Crippen molar-refractivity contribution in [3.63, 3.8) is 0 Å². The third-order valence-electron chi connectivity index (χ3n) is 2.50. The number of halogens is 2. The second kappa shape index (κ2) is 5.64. The Morgan fingerprint density at radius 1 is 1.27 bits per heavy atom. The first-order valence-corrected chi connectivity index (χ1v) is 5.55. The Morgan fingerprint density at radius 3 is 2.53 bits per heavy atom. The Kier molecular flexibility index (Phi) is 4.77. The van der Waals surface area contributed by atoms with Crippen LogP contribution in [0.5, 0.6) is 0 Å². The van der Waals surface area contributed by atoms with Crippen molar-refractivity contribution in [2.75, 3.05) is 6.54 Å². The van der Waals surface area contributed by atoms with Gasteiger partial charge in [-0.05, 0) is 17.7 Å². The predicted octanol–water partition coefficient (Wildman–Crippen LogP) is 2.86. The highest BCUT2D eigenvalue weighted by Crippen LogP contribution is 2.22. The largest absolute Gasteiger partial charge is 0.309 e. The summed E-state index contributed by atoms with van der Waals surface area (Å²) in [4.78, 5) is 11.3. The molecule has 15 heavy (non-hydrogen) atoms. The van der Waals surface area contributed by atoms with E-state index in [2.05, 4.69) is 33.4 Å². The van der Waals surface area contributed by atoms with Crippen LogP contribution < -0.4 is 5.32 Å². The van der Waals surface area contributed by atoms with Crippen LogP contribution in [0, 0.1) is 0 Å². The van der Waals surface area contributed by atoms with Gasteiger partial charge in [-0.2, -0.15) is 0 Å². The van der Waals surface area contributed by atoms with E-state index < -0.39 is 0 Å². The molecule has 0 amide bonds. The number of benzene rings is 1. The van der Waals surface area contributed by atoms with Crippen LogP contribution in [0.15, 0.2) is 28.7 Å². The van der Waals surface area contributed by atoms with Crippen molar-refractivity contribution in [2.24, 2.45) is 0 Å². The molecule has 1 atom stereocenters. The SMILES string of the molecule is Cl.O=C1CCNC(c2ccc(Br)cc2)C1. The van der Waals surface area contributed by atoms with E-state index in [0.29, 0.717) is 18.6 Å². The number of Topliss-reactive ketones (excluding diaryl/α,β-unsaturated/α-hetero) is 1. The van der Waals surface area contributed by atoms with Crippen molar-refractivity contribution < 1.29 is 4.79 Å². The molecule has 1 aromatic carbocycles. The lowest BCUT2D eigenvalue weighted by Crippen LogP contribution is -2.31. The Labute approximate surface area is 104 Å². The minimum atomic E-state index is 0. The number of nitrogens with one attached hydrogen (secondary N) is 1. The van der Waals surface area contributed by atoms with Gasteiger partial charge in [0.15, 0.2) is 0 Å². The second-order valence-corrected chi connectivity index (χ2v) is 4.47. The van der Waals surface area contributed by atoms with Gasteiger partial charge in [-0.25, -0.2) is 0 Å². The third kappa shape index (κ3) is 3.30. The van der Waals surface area contributed by atoms with E-state index in [1.165, 1.54) is 5.56 Å². The van der Waals surface area contributed by atoms with Crippen LogP contribution in [-0.2, 0) is 4.79 Å². The first-order valence-electron chi connectivity index (χ1n) is 4.76. The number of hydrogen-bond donors (Lipinski definition) is 1. The highest BCUT2D eigenvalue weighted by Gasteiger charge is 2.19. The molecule has 0 aliphatic carbocycles. The molecule has 1 aliphatic heterocycles. The van der Waals surface area contributed by atoms with Gasteiger partial charge in [0.1, 0.15) is 5.78 Å². The van der Waals surface area contributed by atoms with E-state index >= 15 is 0 Å². The van der Waals surface area contributed by atoms with Crippen molar-refractivity contribution in [2.45, 2.75) is 18.9 Å². The topological polar surface area (TPSA) is 29.1 Å². The first kappa shape index (κ1) is 12.7. The molecule has 2 nitrogen and oxygen atoms in total. The molecule has 0 spiro atoms. The van der Waals surface area contributed by atoms with Gasteiger partial charge in [-0.1, -0.05) is 28.1 Å². The number of carbonyl (C=O) groups excluding carboxylic acids is 1. The van der Waals surface area contributed by atoms with Crippen molar-refractivity contribution >= 4 is 34.1 Å². The number of ketones is 1. The monoisotopic (exact) mass is 289 g/mol. The summed E-state index contributed by atoms with van der Waals surface area (Å²) >= 11 is 3.39. The van der Waals surface area contributed by atoms with E-state index in [0.717, 1.165) is 11.0 Å². The fourth-order valence-electron chi connectivity index (χ4n) is 1.72. The van der Waals surface area contributed by atoms with Gasteiger partial charge < -0.3 is 5.32 Å². The number of carbonyl (C=O) groups is 1. The Balaban J connectivity index is 0.00000112. The zero-order valence-electron chi connectivity index (χ0n) is 8.20. The molecule has 2 rings (SSSR count). The molecule has 1 N–H and O–H groups in total. The van der Waals surface area contributed by atoms with Crippen molar-refractivity contribution in [1.29, 1.82) is 0 Å². The van der Waals surface area contributed by atoms with Gasteiger partial charge in [-0.3, -0.25) is 4.79 Å². The van der Waals surface area contributed by atoms with Crippen LogP contribution in [0.1, 0.15) is 24.4 Å². The van der Waals surface area contributed by atoms with E-state index in [1.54, 1.807) is 0 Å². The smallest absolute Gasteiger partial charge is 0.136 e. The Hall–Kier alpha value is -0.380. The number of rotatable bonds is 1.